The lowest BCUT2D eigenvalue weighted by molar-refractivity contribution is -0.388. The van der Waals surface area contributed by atoms with Gasteiger partial charge in [-0.15, -0.1) is 0 Å². The Bertz CT molecular complexity index is 4070. The van der Waals surface area contributed by atoms with Crippen molar-refractivity contribution in [2.75, 3.05) is 85.9 Å². The Kier molecular flexibility index (Phi) is 45.7. The number of amides is 5. The quantitative estimate of drug-likeness (QED) is 0.0270. The molecule has 66 nitrogen and oxygen atoms in total. The normalized spacial score (nSPS) is 47.1. The maximum Gasteiger partial charge on any atom is 0.217 e. The summed E-state index contributed by atoms with van der Waals surface area (Å²) in [6.07, 6.45) is -115. The van der Waals surface area contributed by atoms with Crippen molar-refractivity contribution in [1.82, 2.24) is 26.6 Å². The first kappa shape index (κ1) is 123. The van der Waals surface area contributed by atoms with E-state index in [-0.39, 0.29) is 0 Å². The van der Waals surface area contributed by atoms with E-state index in [1.807, 2.05) is 0 Å². The van der Waals surface area contributed by atoms with Gasteiger partial charge in [0.05, 0.1) is 85.9 Å². The van der Waals surface area contributed by atoms with Crippen molar-refractivity contribution in [2.24, 2.45) is 0 Å². The molecular formula is C82H139N5O61. The van der Waals surface area contributed by atoms with Gasteiger partial charge in [0.25, 0.3) is 0 Å². The maximum absolute atomic E-state index is 13.5. The number of hydrogen-bond donors (Lipinski definition) is 39. The molecule has 0 unspecified atom stereocenters. The Morgan fingerprint density at radius 2 is 0.412 bits per heavy atom. The lowest BCUT2D eigenvalue weighted by Crippen LogP contribution is -2.71. The van der Waals surface area contributed by atoms with Crippen LogP contribution in [0.15, 0.2) is 0 Å². The van der Waals surface area contributed by atoms with Gasteiger partial charge in [-0.05, 0) is 0 Å². The van der Waals surface area contributed by atoms with Crippen LogP contribution in [0.2, 0.25) is 0 Å². The first-order valence-electron chi connectivity index (χ1n) is 47.1. The van der Waals surface area contributed by atoms with Gasteiger partial charge in [0.2, 0.25) is 29.5 Å². The largest absolute Gasteiger partial charge is 0.394 e. The highest BCUT2D eigenvalue weighted by Crippen LogP contribution is 2.42. The Balaban J connectivity index is 0.855. The summed E-state index contributed by atoms with van der Waals surface area (Å²) in [7, 11) is 0. The van der Waals surface area contributed by atoms with Gasteiger partial charge < -0.3 is 304 Å². The summed E-state index contributed by atoms with van der Waals surface area (Å²) >= 11 is 0. The van der Waals surface area contributed by atoms with Crippen molar-refractivity contribution in [3.63, 3.8) is 0 Å². The lowest BCUT2D eigenvalue weighted by Gasteiger charge is -2.51. The Morgan fingerprint density at radius 1 is 0.216 bits per heavy atom. The molecule has 11 fully saturated rings. The average molecular weight is 2170 g/mol. The molecule has 11 saturated heterocycles. The molecule has 39 N–H and O–H groups in total. The summed E-state index contributed by atoms with van der Waals surface area (Å²) in [4.78, 5) is 65.4. The second-order valence-electron chi connectivity index (χ2n) is 37.2. The van der Waals surface area contributed by atoms with E-state index < -0.39 is 477 Å². The van der Waals surface area contributed by atoms with Crippen molar-refractivity contribution in [1.29, 1.82) is 0 Å². The number of hydrogen-bond acceptors (Lipinski definition) is 61. The third-order valence-electron chi connectivity index (χ3n) is 26.7. The highest BCUT2D eigenvalue weighted by Gasteiger charge is 2.63. The standard InChI is InChI=1S/C82H139N5O61/c1-19(98)83-37-49(112)65(142-77-58(121)54(117)43(106)26(8-90)130-77)29(11-93)133-72(37)127-16-34-46(109)57(120)61(124)80(138-34)145-67-31(13-95)135-74(39(51(67)114)85-21(3)100)128-17-35-47(110)70(62(125)81(139-35)141-64(25(104)7-89)42(105)24(103)6-88)147-76-41(87-23(5)102)53(116)69(33(15-97)137-76)146-82-63(126)71(148-75-40(86-22(4)101)52(115)68(32(14-96)136-75)144-79-60(123)56(119)45(108)28(10-92)132-79)48(111)36(140-82)18-129-73-38(84-20(2)99)50(113)66(30(12-94)134-73)143-78-59(122)55(118)44(107)27(9-91)131-78/h24-82,88-97,103-126H,6-18H2,1-5H3,(H,83,98)(H,84,99)(H,85,100)(H,86,101)(H,87,102)/t24-,25+,26+,27+,28+,29+,30+,31+,32+,33+,34+,35+,36+,37+,38+,39+,40+,41+,42+,43-,44-,45-,46-,47-,48-,49+,50+,51+,52+,53+,54-,55-,56-,57-,58+,59+,60+,61+,62+,63+,64+,65+,66+,67+,68+,69+,70-,71-,72+,73+,74+,75-,76-,77-,78-,79-,80-,81-,82-/m0/s1. The fraction of sp³-hybridized carbons (Fsp3) is 0.939. The molecule has 59 atom stereocenters. The van der Waals surface area contributed by atoms with Gasteiger partial charge in [0, 0.05) is 34.6 Å². The zero-order valence-electron chi connectivity index (χ0n) is 79.5. The van der Waals surface area contributed by atoms with E-state index in [0.29, 0.717) is 0 Å². The Labute approximate surface area is 837 Å². The van der Waals surface area contributed by atoms with Crippen LogP contribution < -0.4 is 26.6 Å². The molecule has 0 spiro atoms. The molecular weight excluding hydrogens is 2030 g/mol. The number of ether oxygens (including phenoxy) is 22. The van der Waals surface area contributed by atoms with Gasteiger partial charge in [-0.1, -0.05) is 0 Å². The van der Waals surface area contributed by atoms with Crippen LogP contribution in [0.5, 0.6) is 0 Å². The minimum Gasteiger partial charge on any atom is -0.394 e. The minimum absolute atomic E-state index is 0.836. The molecule has 11 heterocycles. The van der Waals surface area contributed by atoms with E-state index in [4.69, 9.17) is 104 Å². The van der Waals surface area contributed by atoms with E-state index in [1.54, 1.807) is 0 Å². The van der Waals surface area contributed by atoms with Crippen LogP contribution in [0.25, 0.3) is 0 Å². The molecule has 0 aromatic carbocycles. The van der Waals surface area contributed by atoms with Gasteiger partial charge in [0.1, 0.15) is 293 Å². The van der Waals surface area contributed by atoms with Crippen molar-refractivity contribution in [3.05, 3.63) is 0 Å². The molecule has 858 valence electrons. The fourth-order valence-electron chi connectivity index (χ4n) is 18.7. The molecule has 5 amide bonds. The average Bonchev–Trinajstić information content (AvgIpc) is 0.759. The summed E-state index contributed by atoms with van der Waals surface area (Å²) in [6, 6.07) is -9.84. The lowest BCUT2D eigenvalue weighted by atomic mass is 9.93. The van der Waals surface area contributed by atoms with Gasteiger partial charge in [0.15, 0.2) is 69.2 Å². The predicted molar refractivity (Wildman–Crippen MR) is 455 cm³/mol. The number of aliphatic hydroxyl groups excluding tert-OH is 34. The van der Waals surface area contributed by atoms with Crippen LogP contribution in [0.3, 0.4) is 0 Å². The van der Waals surface area contributed by atoms with Crippen molar-refractivity contribution in [3.8, 4) is 0 Å². The Morgan fingerprint density at radius 3 is 0.655 bits per heavy atom. The molecule has 0 saturated carbocycles. The second kappa shape index (κ2) is 54.9. The van der Waals surface area contributed by atoms with E-state index >= 15 is 0 Å². The van der Waals surface area contributed by atoms with Crippen molar-refractivity contribution in [2.45, 2.75) is 396 Å². The third-order valence-corrected chi connectivity index (χ3v) is 26.7. The molecule has 0 bridgehead atoms. The summed E-state index contributed by atoms with van der Waals surface area (Å²) in [5.41, 5.74) is 0. The number of carbonyl (C=O) groups is 5. The smallest absolute Gasteiger partial charge is 0.217 e. The summed E-state index contributed by atoms with van der Waals surface area (Å²) in [6.45, 7) is -10.3. The maximum atomic E-state index is 13.5. The zero-order chi connectivity index (χ0) is 109. The van der Waals surface area contributed by atoms with Crippen molar-refractivity contribution < 1.29 is 302 Å². The Hall–Kier alpha value is -4.89. The zero-order valence-corrected chi connectivity index (χ0v) is 79.5. The van der Waals surface area contributed by atoms with Crippen LogP contribution in [-0.2, 0) is 128 Å². The third kappa shape index (κ3) is 28.1. The molecule has 11 aliphatic heterocycles. The number of carbonyl (C=O) groups excluding carboxylic acids is 5. The molecule has 66 heteroatoms. The molecule has 11 rings (SSSR count). The van der Waals surface area contributed by atoms with E-state index in [0.717, 1.165) is 34.6 Å². The molecule has 11 aliphatic rings. The van der Waals surface area contributed by atoms with Gasteiger partial charge in [-0.3, -0.25) is 24.0 Å². The number of aliphatic hydroxyl groups is 34. The second-order valence-corrected chi connectivity index (χ2v) is 37.2. The van der Waals surface area contributed by atoms with Gasteiger partial charge >= 0.3 is 0 Å². The highest BCUT2D eigenvalue weighted by molar-refractivity contribution is 5.75. The van der Waals surface area contributed by atoms with Crippen LogP contribution in [0, 0.1) is 0 Å². The highest BCUT2D eigenvalue weighted by atomic mass is 16.8. The van der Waals surface area contributed by atoms with Gasteiger partial charge in [-0.25, -0.2) is 0 Å². The van der Waals surface area contributed by atoms with Crippen LogP contribution >= 0.6 is 0 Å². The first-order valence-corrected chi connectivity index (χ1v) is 47.1. The molecule has 0 aliphatic carbocycles. The van der Waals surface area contributed by atoms with Crippen molar-refractivity contribution >= 4 is 29.5 Å². The topological polar surface area (TPSA) is 1040 Å². The van der Waals surface area contributed by atoms with E-state index in [9.17, 15) is 198 Å². The molecule has 0 radical (unpaired) electrons. The summed E-state index contributed by atoms with van der Waals surface area (Å²) in [5.74, 6) is -4.93. The summed E-state index contributed by atoms with van der Waals surface area (Å²) in [5, 5.41) is 390. The number of rotatable bonds is 43. The van der Waals surface area contributed by atoms with Crippen LogP contribution in [0.4, 0.5) is 0 Å². The SMILES string of the molecule is CC(=O)N[C@H]1[C@H](OC[C@H]2O[C@@H](O[C@H]3[C@H](O)[C@@H](NC(C)=O)[C@H](OC[C@H]4O[C@@H](O[C@@H]([C@H](O)[C@@H](O)CO)[C@H](O)CO)[C@H](O)[C@@H](O[C@@H]5O[C@H](CO)[C@@H](O[C@@H]6O[C@H](CO[C@@H]7O[C@H](CO)[C@@H](O[C@@H]8O[C@H](CO)[C@H](O)[C@H](O)[C@H]8O)[C@H](O)[C@H]7NC(C)=O)[C@H](O)[C@H](O[C@@H]7O[C@H](CO)[C@@H](O[C@@H]8O[C@H](CO)[C@H](O)[C@H](O)[C@H]8O)[C@H](O)[C@H]7NC(C)=O)[C@H]6O)[C@H](O)[C@H]5NC(C)=O)[C@H]4O)O[C@@H]3CO)[C@H](O)[C@@H](O)[C@H]2O)O[C@H](CO)[C@@H](O[C@@H]2O[C@H](CO)[C@H](O)[C@H](O)[C@H]2O)[C@@H]1O. The predicted octanol–water partition coefficient (Wildman–Crippen LogP) is -26.8. The summed E-state index contributed by atoms with van der Waals surface area (Å²) < 4.78 is 130. The minimum atomic E-state index is -2.62. The number of nitrogens with one attached hydrogen (secondary N) is 5. The molecule has 0 aromatic rings. The first-order chi connectivity index (χ1) is 70.0. The molecule has 0 aromatic heterocycles. The monoisotopic (exact) mass is 2170 g/mol. The fourth-order valence-corrected chi connectivity index (χ4v) is 18.7. The van der Waals surface area contributed by atoms with E-state index in [1.165, 1.54) is 0 Å². The van der Waals surface area contributed by atoms with Crippen LogP contribution in [0.1, 0.15) is 34.6 Å². The van der Waals surface area contributed by atoms with E-state index in [2.05, 4.69) is 26.6 Å². The molecule has 148 heavy (non-hydrogen) atoms. The van der Waals surface area contributed by atoms with Gasteiger partial charge in [-0.2, -0.15) is 0 Å². The van der Waals surface area contributed by atoms with Crippen LogP contribution in [-0.4, -0.2) is 651 Å².